The average Bonchev–Trinajstić information content (AvgIpc) is 2.49. The second kappa shape index (κ2) is 6.53. The standard InChI is InChI=1S/C16H16N4O/c1-11-3-5-14(7-12(11)2)20-16(21)10-19-15-6-4-13(8-17)9-18-15/h3-7,9H,10H2,1-2H3,(H,18,19)(H,20,21). The van der Waals surface area contributed by atoms with Crippen LogP contribution in [0.5, 0.6) is 0 Å². The van der Waals surface area contributed by atoms with Gasteiger partial charge in [-0.05, 0) is 49.2 Å². The van der Waals surface area contributed by atoms with E-state index in [-0.39, 0.29) is 12.5 Å². The minimum Gasteiger partial charge on any atom is -0.361 e. The fourth-order valence-electron chi connectivity index (χ4n) is 1.76. The SMILES string of the molecule is Cc1ccc(NC(=O)CNc2ccc(C#N)cn2)cc1C. The van der Waals surface area contributed by atoms with Gasteiger partial charge in [0.15, 0.2) is 0 Å². The van der Waals surface area contributed by atoms with Crippen molar-refractivity contribution in [3.63, 3.8) is 0 Å². The van der Waals surface area contributed by atoms with Gasteiger partial charge in [-0.2, -0.15) is 5.26 Å². The van der Waals surface area contributed by atoms with Crippen molar-refractivity contribution in [2.24, 2.45) is 0 Å². The molecule has 0 atom stereocenters. The molecule has 0 radical (unpaired) electrons. The van der Waals surface area contributed by atoms with Gasteiger partial charge in [0.05, 0.1) is 12.1 Å². The van der Waals surface area contributed by atoms with Crippen LogP contribution >= 0.6 is 0 Å². The Bertz CT molecular complexity index is 686. The summed E-state index contributed by atoms with van der Waals surface area (Å²) in [6.45, 7) is 4.15. The van der Waals surface area contributed by atoms with E-state index in [1.54, 1.807) is 12.1 Å². The van der Waals surface area contributed by atoms with Crippen LogP contribution in [0.15, 0.2) is 36.5 Å². The van der Waals surface area contributed by atoms with Crippen molar-refractivity contribution in [1.29, 1.82) is 5.26 Å². The van der Waals surface area contributed by atoms with Gasteiger partial charge in [-0.25, -0.2) is 4.98 Å². The zero-order valence-electron chi connectivity index (χ0n) is 12.0. The van der Waals surface area contributed by atoms with Gasteiger partial charge in [0, 0.05) is 11.9 Å². The fourth-order valence-corrected chi connectivity index (χ4v) is 1.76. The predicted octanol–water partition coefficient (Wildman–Crippen LogP) is 2.62. The lowest BCUT2D eigenvalue weighted by Gasteiger charge is -2.09. The van der Waals surface area contributed by atoms with E-state index < -0.39 is 0 Å². The van der Waals surface area contributed by atoms with Gasteiger partial charge in [-0.15, -0.1) is 0 Å². The minimum absolute atomic E-state index is 0.117. The van der Waals surface area contributed by atoms with Crippen molar-refractivity contribution in [3.8, 4) is 6.07 Å². The highest BCUT2D eigenvalue weighted by atomic mass is 16.1. The van der Waals surface area contributed by atoms with E-state index in [0.717, 1.165) is 11.3 Å². The average molecular weight is 280 g/mol. The Labute approximate surface area is 123 Å². The number of carbonyl (C=O) groups excluding carboxylic acids is 1. The first-order valence-corrected chi connectivity index (χ1v) is 6.55. The number of hydrogen-bond donors (Lipinski definition) is 2. The highest BCUT2D eigenvalue weighted by Crippen LogP contribution is 2.14. The van der Waals surface area contributed by atoms with E-state index in [1.165, 1.54) is 11.8 Å². The summed E-state index contributed by atoms with van der Waals surface area (Å²) in [4.78, 5) is 15.9. The summed E-state index contributed by atoms with van der Waals surface area (Å²) >= 11 is 0. The normalized spacial score (nSPS) is 9.76. The van der Waals surface area contributed by atoms with Crippen molar-refractivity contribution in [1.82, 2.24) is 4.98 Å². The van der Waals surface area contributed by atoms with Gasteiger partial charge >= 0.3 is 0 Å². The van der Waals surface area contributed by atoms with E-state index in [9.17, 15) is 4.79 Å². The van der Waals surface area contributed by atoms with Gasteiger partial charge < -0.3 is 10.6 Å². The zero-order chi connectivity index (χ0) is 15.2. The zero-order valence-corrected chi connectivity index (χ0v) is 12.0. The Morgan fingerprint density at radius 1 is 1.24 bits per heavy atom. The number of pyridine rings is 1. The number of benzene rings is 1. The summed E-state index contributed by atoms with van der Waals surface area (Å²) < 4.78 is 0. The topological polar surface area (TPSA) is 77.8 Å². The molecule has 2 aromatic rings. The quantitative estimate of drug-likeness (QED) is 0.902. The monoisotopic (exact) mass is 280 g/mol. The Hall–Kier alpha value is -2.87. The number of aryl methyl sites for hydroxylation is 2. The lowest BCUT2D eigenvalue weighted by molar-refractivity contribution is -0.114. The summed E-state index contributed by atoms with van der Waals surface area (Å²) in [6, 6.07) is 11.1. The molecule has 1 heterocycles. The molecule has 2 N–H and O–H groups in total. The fraction of sp³-hybridized carbons (Fsp3) is 0.188. The number of amides is 1. The molecule has 0 unspecified atom stereocenters. The molecule has 0 aliphatic heterocycles. The van der Waals surface area contributed by atoms with Crippen LogP contribution < -0.4 is 10.6 Å². The maximum Gasteiger partial charge on any atom is 0.243 e. The van der Waals surface area contributed by atoms with E-state index in [4.69, 9.17) is 5.26 Å². The molecule has 5 heteroatoms. The first-order valence-electron chi connectivity index (χ1n) is 6.55. The number of nitriles is 1. The Balaban J connectivity index is 1.89. The van der Waals surface area contributed by atoms with Crippen LogP contribution in [-0.4, -0.2) is 17.4 Å². The maximum absolute atomic E-state index is 11.9. The molecule has 1 amide bonds. The molecule has 0 saturated heterocycles. The van der Waals surface area contributed by atoms with Gasteiger partial charge in [0.1, 0.15) is 11.9 Å². The molecule has 0 aliphatic rings. The van der Waals surface area contributed by atoms with Crippen LogP contribution in [0.4, 0.5) is 11.5 Å². The molecular weight excluding hydrogens is 264 g/mol. The number of nitrogens with one attached hydrogen (secondary N) is 2. The van der Waals surface area contributed by atoms with Crippen molar-refractivity contribution in [2.45, 2.75) is 13.8 Å². The van der Waals surface area contributed by atoms with Crippen LogP contribution in [0.3, 0.4) is 0 Å². The van der Waals surface area contributed by atoms with E-state index >= 15 is 0 Å². The van der Waals surface area contributed by atoms with Crippen LogP contribution in [0.2, 0.25) is 0 Å². The number of aromatic nitrogens is 1. The number of hydrogen-bond acceptors (Lipinski definition) is 4. The molecule has 0 saturated carbocycles. The summed E-state index contributed by atoms with van der Waals surface area (Å²) in [5.74, 6) is 0.411. The lowest BCUT2D eigenvalue weighted by Crippen LogP contribution is -2.22. The third kappa shape index (κ3) is 4.05. The van der Waals surface area contributed by atoms with Crippen molar-refractivity contribution in [3.05, 3.63) is 53.2 Å². The Morgan fingerprint density at radius 2 is 2.05 bits per heavy atom. The van der Waals surface area contributed by atoms with Crippen LogP contribution in [0, 0.1) is 25.2 Å². The van der Waals surface area contributed by atoms with Gasteiger partial charge in [0.2, 0.25) is 5.91 Å². The molecule has 1 aromatic heterocycles. The maximum atomic E-state index is 11.9. The van der Waals surface area contributed by atoms with Crippen LogP contribution in [0.1, 0.15) is 16.7 Å². The molecule has 21 heavy (non-hydrogen) atoms. The molecule has 5 nitrogen and oxygen atoms in total. The summed E-state index contributed by atoms with van der Waals surface area (Å²) in [5.41, 5.74) is 3.58. The first kappa shape index (κ1) is 14.5. The Morgan fingerprint density at radius 3 is 2.67 bits per heavy atom. The van der Waals surface area contributed by atoms with Gasteiger partial charge in [-0.1, -0.05) is 6.07 Å². The third-order valence-electron chi connectivity index (χ3n) is 3.11. The molecule has 0 spiro atoms. The van der Waals surface area contributed by atoms with E-state index in [0.29, 0.717) is 11.4 Å². The van der Waals surface area contributed by atoms with Crippen molar-refractivity contribution >= 4 is 17.4 Å². The number of anilines is 2. The summed E-state index contributed by atoms with van der Waals surface area (Å²) in [7, 11) is 0. The summed E-state index contributed by atoms with van der Waals surface area (Å²) in [5, 5.41) is 14.4. The van der Waals surface area contributed by atoms with Crippen molar-refractivity contribution in [2.75, 3.05) is 17.2 Å². The molecule has 0 aliphatic carbocycles. The highest BCUT2D eigenvalue weighted by molar-refractivity contribution is 5.93. The molecule has 0 fully saturated rings. The third-order valence-corrected chi connectivity index (χ3v) is 3.11. The summed E-state index contributed by atoms with van der Waals surface area (Å²) in [6.07, 6.45) is 1.46. The number of carbonyl (C=O) groups is 1. The molecular formula is C16H16N4O. The second-order valence-corrected chi connectivity index (χ2v) is 4.74. The van der Waals surface area contributed by atoms with Crippen LogP contribution in [-0.2, 0) is 4.79 Å². The predicted molar refractivity (Wildman–Crippen MR) is 82.0 cm³/mol. The number of rotatable bonds is 4. The molecule has 2 rings (SSSR count). The lowest BCUT2D eigenvalue weighted by atomic mass is 10.1. The molecule has 106 valence electrons. The molecule has 0 bridgehead atoms. The Kier molecular flexibility index (Phi) is 4.52. The van der Waals surface area contributed by atoms with Gasteiger partial charge in [-0.3, -0.25) is 4.79 Å². The second-order valence-electron chi connectivity index (χ2n) is 4.74. The van der Waals surface area contributed by atoms with Gasteiger partial charge in [0.25, 0.3) is 0 Å². The van der Waals surface area contributed by atoms with E-state index in [1.807, 2.05) is 38.1 Å². The first-order chi connectivity index (χ1) is 10.1. The minimum atomic E-state index is -0.149. The number of nitrogens with zero attached hydrogens (tertiary/aromatic N) is 2. The highest BCUT2D eigenvalue weighted by Gasteiger charge is 2.04. The van der Waals surface area contributed by atoms with Crippen LogP contribution in [0.25, 0.3) is 0 Å². The smallest absolute Gasteiger partial charge is 0.243 e. The van der Waals surface area contributed by atoms with E-state index in [2.05, 4.69) is 15.6 Å². The van der Waals surface area contributed by atoms with Crippen molar-refractivity contribution < 1.29 is 4.79 Å². The molecule has 1 aromatic carbocycles. The largest absolute Gasteiger partial charge is 0.361 e.